The van der Waals surface area contributed by atoms with Crippen molar-refractivity contribution in [3.63, 3.8) is 0 Å². The van der Waals surface area contributed by atoms with Gasteiger partial charge in [-0.2, -0.15) is 0 Å². The van der Waals surface area contributed by atoms with Crippen molar-refractivity contribution in [1.29, 1.82) is 0 Å². The molecule has 0 aromatic heterocycles. The highest BCUT2D eigenvalue weighted by atomic mass is 16.6. The van der Waals surface area contributed by atoms with Crippen molar-refractivity contribution in [3.8, 4) is 16.9 Å². The Labute approximate surface area is 248 Å². The molecule has 42 heavy (non-hydrogen) atoms. The normalized spacial score (nSPS) is 12.1. The molecule has 3 aromatic rings. The molecule has 3 amide bonds. The molecule has 0 fully saturated rings. The molecule has 4 N–H and O–H groups in total. The van der Waals surface area contributed by atoms with Crippen molar-refractivity contribution in [2.24, 2.45) is 5.73 Å². The minimum Gasteiger partial charge on any atom is -0.506 e. The van der Waals surface area contributed by atoms with E-state index in [1.54, 1.807) is 45.0 Å². The Bertz CT molecular complexity index is 1380. The van der Waals surface area contributed by atoms with Gasteiger partial charge in [0, 0.05) is 12.0 Å². The van der Waals surface area contributed by atoms with Crippen molar-refractivity contribution in [2.45, 2.75) is 71.4 Å². The fraction of sp³-hybridized carbons (Fsp3) is 0.324. The number of nitrogens with two attached hydrogens (primary N) is 1. The van der Waals surface area contributed by atoms with Crippen LogP contribution in [0.3, 0.4) is 0 Å². The molecule has 0 aliphatic carbocycles. The number of hydrogen-bond donors (Lipinski definition) is 3. The van der Waals surface area contributed by atoms with Crippen LogP contribution in [0.5, 0.6) is 5.75 Å². The number of aromatic hydroxyl groups is 1. The van der Waals surface area contributed by atoms with Gasteiger partial charge in [-0.1, -0.05) is 92.6 Å². The number of carbonyl (C=O) groups excluding carboxylic acids is 3. The zero-order valence-electron chi connectivity index (χ0n) is 24.8. The third-order valence-electron chi connectivity index (χ3n) is 6.37. The lowest BCUT2D eigenvalue weighted by Crippen LogP contribution is -2.47. The highest BCUT2D eigenvalue weighted by molar-refractivity contribution is 6.19. The average molecular weight is 572 g/mol. The Kier molecular flexibility index (Phi) is 11.4. The summed E-state index contributed by atoms with van der Waals surface area (Å²) in [5.74, 6) is -1.24. The second-order valence-electron chi connectivity index (χ2n) is 11.0. The van der Waals surface area contributed by atoms with E-state index in [0.29, 0.717) is 17.5 Å². The highest BCUT2D eigenvalue weighted by Gasteiger charge is 2.32. The summed E-state index contributed by atoms with van der Waals surface area (Å²) in [4.78, 5) is 41.5. The van der Waals surface area contributed by atoms with Gasteiger partial charge in [0.2, 0.25) is 5.91 Å². The van der Waals surface area contributed by atoms with E-state index in [1.165, 1.54) is 12.1 Å². The van der Waals surface area contributed by atoms with Crippen molar-refractivity contribution in [1.82, 2.24) is 0 Å². The fourth-order valence-corrected chi connectivity index (χ4v) is 4.39. The summed E-state index contributed by atoms with van der Waals surface area (Å²) in [7, 11) is 0. The largest absolute Gasteiger partial charge is 0.506 e. The van der Waals surface area contributed by atoms with Crippen LogP contribution in [0.4, 0.5) is 16.2 Å². The van der Waals surface area contributed by atoms with E-state index in [0.717, 1.165) is 23.3 Å². The zero-order chi connectivity index (χ0) is 30.7. The van der Waals surface area contributed by atoms with Gasteiger partial charge in [-0.25, -0.2) is 9.69 Å². The number of nitrogens with zero attached hydrogens (tertiary/aromatic N) is 1. The number of ether oxygens (including phenoxy) is 1. The molecule has 0 unspecified atom stereocenters. The lowest BCUT2D eigenvalue weighted by molar-refractivity contribution is -0.127. The molecule has 8 nitrogen and oxygen atoms in total. The molecule has 0 saturated carbocycles. The van der Waals surface area contributed by atoms with Crippen LogP contribution >= 0.6 is 0 Å². The molecule has 0 aliphatic rings. The SMILES string of the molecule is CCCCCC(=O)N(C(=O)[C@H](N)CC=Cc1ccccc1)c1ccc(O)c(NC(=O)OC(C)(C)C)c1-c1ccccc1. The smallest absolute Gasteiger partial charge is 0.412 e. The Hall–Kier alpha value is -4.43. The van der Waals surface area contributed by atoms with Crippen LogP contribution < -0.4 is 16.0 Å². The van der Waals surface area contributed by atoms with Gasteiger partial charge in [0.05, 0.1) is 17.4 Å². The molecule has 3 rings (SSSR count). The van der Waals surface area contributed by atoms with Gasteiger partial charge in [-0.15, -0.1) is 0 Å². The molecule has 0 heterocycles. The summed E-state index contributed by atoms with van der Waals surface area (Å²) in [6.45, 7) is 7.21. The number of nitrogens with one attached hydrogen (secondary N) is 1. The van der Waals surface area contributed by atoms with Crippen LogP contribution in [0.25, 0.3) is 17.2 Å². The maximum Gasteiger partial charge on any atom is 0.412 e. The number of hydrogen-bond acceptors (Lipinski definition) is 6. The zero-order valence-corrected chi connectivity index (χ0v) is 24.8. The summed E-state index contributed by atoms with van der Waals surface area (Å²) in [5, 5.41) is 13.5. The fourth-order valence-electron chi connectivity index (χ4n) is 4.39. The number of phenols is 1. The first-order valence-electron chi connectivity index (χ1n) is 14.3. The second kappa shape index (κ2) is 15.0. The van der Waals surface area contributed by atoms with Crippen molar-refractivity contribution in [3.05, 3.63) is 84.4 Å². The minimum atomic E-state index is -1.01. The predicted octanol–water partition coefficient (Wildman–Crippen LogP) is 7.28. The number of benzene rings is 3. The third kappa shape index (κ3) is 9.04. The summed E-state index contributed by atoms with van der Waals surface area (Å²) < 4.78 is 5.43. The maximum absolute atomic E-state index is 13.9. The van der Waals surface area contributed by atoms with E-state index >= 15 is 0 Å². The molecule has 8 heteroatoms. The topological polar surface area (TPSA) is 122 Å². The molecule has 0 radical (unpaired) electrons. The van der Waals surface area contributed by atoms with Crippen LogP contribution in [0.2, 0.25) is 0 Å². The molecule has 0 saturated heterocycles. The lowest BCUT2D eigenvalue weighted by Gasteiger charge is -2.28. The molecule has 0 spiro atoms. The monoisotopic (exact) mass is 571 g/mol. The van der Waals surface area contributed by atoms with Crippen LogP contribution in [-0.2, 0) is 14.3 Å². The van der Waals surface area contributed by atoms with E-state index in [9.17, 15) is 19.5 Å². The summed E-state index contributed by atoms with van der Waals surface area (Å²) >= 11 is 0. The number of phenolic OH excluding ortho intramolecular Hbond substituents is 1. The van der Waals surface area contributed by atoms with Gasteiger partial charge < -0.3 is 15.6 Å². The standard InChI is InChI=1S/C34H41N3O5/c1-5-6-9-21-29(39)37(32(40)26(35)20-14-17-24-15-10-7-11-16-24)27-22-23-28(38)31(36-33(41)42-34(2,3)4)30(27)25-18-12-8-13-19-25/h7-8,10-19,22-23,26,38H,5-6,9,20-21,35H2,1-4H3,(H,36,41)/t26-/m1/s1. The third-order valence-corrected chi connectivity index (χ3v) is 6.37. The molecular weight excluding hydrogens is 530 g/mol. The summed E-state index contributed by atoms with van der Waals surface area (Å²) in [6, 6.07) is 20.4. The first-order valence-corrected chi connectivity index (χ1v) is 14.3. The van der Waals surface area contributed by atoms with Gasteiger partial charge in [-0.05, 0) is 56.9 Å². The Balaban J connectivity index is 2.09. The molecule has 222 valence electrons. The number of carbonyl (C=O) groups is 3. The van der Waals surface area contributed by atoms with E-state index in [4.69, 9.17) is 10.5 Å². The van der Waals surface area contributed by atoms with E-state index in [2.05, 4.69) is 5.32 Å². The Morgan fingerprint density at radius 2 is 1.62 bits per heavy atom. The van der Waals surface area contributed by atoms with E-state index in [1.807, 2.05) is 55.5 Å². The van der Waals surface area contributed by atoms with Crippen LogP contribution in [0.15, 0.2) is 78.9 Å². The Morgan fingerprint density at radius 1 is 0.976 bits per heavy atom. The number of amides is 3. The van der Waals surface area contributed by atoms with Gasteiger partial charge in [0.1, 0.15) is 11.4 Å². The summed E-state index contributed by atoms with van der Waals surface area (Å²) in [6.07, 6.45) is 5.56. The molecular formula is C34H41N3O5. The number of rotatable bonds is 11. The van der Waals surface area contributed by atoms with Crippen molar-refractivity contribution >= 4 is 35.4 Å². The predicted molar refractivity (Wildman–Crippen MR) is 168 cm³/mol. The average Bonchev–Trinajstić information content (AvgIpc) is 2.95. The number of anilines is 2. The van der Waals surface area contributed by atoms with Gasteiger partial charge in [-0.3, -0.25) is 14.9 Å². The highest BCUT2D eigenvalue weighted by Crippen LogP contribution is 2.43. The van der Waals surface area contributed by atoms with Crippen LogP contribution in [0, 0.1) is 0 Å². The molecule has 0 bridgehead atoms. The Morgan fingerprint density at radius 3 is 2.24 bits per heavy atom. The second-order valence-corrected chi connectivity index (χ2v) is 11.0. The van der Waals surface area contributed by atoms with Crippen LogP contribution in [-0.4, -0.2) is 34.7 Å². The molecule has 0 aliphatic heterocycles. The van der Waals surface area contributed by atoms with E-state index < -0.39 is 29.6 Å². The quantitative estimate of drug-likeness (QED) is 0.164. The van der Waals surface area contributed by atoms with Crippen molar-refractivity contribution in [2.75, 3.05) is 10.2 Å². The van der Waals surface area contributed by atoms with Gasteiger partial charge in [0.25, 0.3) is 5.91 Å². The minimum absolute atomic E-state index is 0.0182. The molecule has 3 aromatic carbocycles. The van der Waals surface area contributed by atoms with Gasteiger partial charge >= 0.3 is 6.09 Å². The summed E-state index contributed by atoms with van der Waals surface area (Å²) in [5.41, 5.74) is 7.66. The van der Waals surface area contributed by atoms with Crippen LogP contribution in [0.1, 0.15) is 65.4 Å². The van der Waals surface area contributed by atoms with Crippen molar-refractivity contribution < 1.29 is 24.2 Å². The van der Waals surface area contributed by atoms with Gasteiger partial charge in [0.15, 0.2) is 0 Å². The number of imide groups is 1. The number of unbranched alkanes of at least 4 members (excludes halogenated alkanes) is 2. The molecule has 1 atom stereocenters. The van der Waals surface area contributed by atoms with E-state index in [-0.39, 0.29) is 30.0 Å². The lowest BCUT2D eigenvalue weighted by atomic mass is 9.98. The first kappa shape index (κ1) is 32.1. The first-order chi connectivity index (χ1) is 20.0. The maximum atomic E-state index is 13.9.